The van der Waals surface area contributed by atoms with Gasteiger partial charge in [0.15, 0.2) is 0 Å². The van der Waals surface area contributed by atoms with Crippen molar-refractivity contribution in [1.82, 2.24) is 5.32 Å². The molecule has 2 heterocycles. The summed E-state index contributed by atoms with van der Waals surface area (Å²) in [6, 6.07) is 16.2. The van der Waals surface area contributed by atoms with Gasteiger partial charge in [0.2, 0.25) is 5.91 Å². The maximum atomic E-state index is 13.6. The van der Waals surface area contributed by atoms with E-state index < -0.39 is 0 Å². The first-order valence-electron chi connectivity index (χ1n) is 14.1. The fourth-order valence-electron chi connectivity index (χ4n) is 6.70. The van der Waals surface area contributed by atoms with E-state index in [2.05, 4.69) is 12.4 Å². The number of nitrogens with one attached hydrogen (secondary N) is 1. The van der Waals surface area contributed by atoms with Gasteiger partial charge >= 0.3 is 0 Å². The van der Waals surface area contributed by atoms with E-state index in [0.717, 1.165) is 41.4 Å². The fraction of sp³-hybridized carbons (Fsp3) is 0.581. The van der Waals surface area contributed by atoms with Crippen LogP contribution in [0.5, 0.6) is 11.5 Å². The lowest BCUT2D eigenvalue weighted by atomic mass is 9.86. The molecule has 196 valence electrons. The van der Waals surface area contributed by atoms with Gasteiger partial charge in [-0.25, -0.2) is 0 Å². The minimum absolute atomic E-state index is 0. The van der Waals surface area contributed by atoms with Crippen LogP contribution in [0.4, 0.5) is 0 Å². The maximum Gasteiger partial charge on any atom is 0.232 e. The van der Waals surface area contributed by atoms with Gasteiger partial charge in [-0.2, -0.15) is 0 Å². The van der Waals surface area contributed by atoms with Crippen LogP contribution in [-0.2, 0) is 4.79 Å². The van der Waals surface area contributed by atoms with Crippen molar-refractivity contribution in [1.29, 1.82) is 0 Å². The number of fused-ring (bicyclic) bond motifs is 2. The summed E-state index contributed by atoms with van der Waals surface area (Å²) >= 11 is 0. The monoisotopic (exact) mass is 602 g/mol. The molecule has 4 nitrogen and oxygen atoms in total. The van der Waals surface area contributed by atoms with Gasteiger partial charge in [-0.15, -0.1) is 0 Å². The van der Waals surface area contributed by atoms with Crippen molar-refractivity contribution in [3.05, 3.63) is 59.7 Å². The van der Waals surface area contributed by atoms with E-state index in [9.17, 15) is 4.79 Å². The maximum absolute atomic E-state index is 13.6. The van der Waals surface area contributed by atoms with Crippen LogP contribution >= 0.6 is 0 Å². The summed E-state index contributed by atoms with van der Waals surface area (Å²) in [5, 5.41) is 3.44. The topological polar surface area (TPSA) is 38.3 Å². The van der Waals surface area contributed by atoms with Gasteiger partial charge in [-0.05, 0) is 25.0 Å². The molecule has 0 spiro atoms. The number of likely N-dealkylation sites (tertiary alicyclic amines) is 1. The summed E-state index contributed by atoms with van der Waals surface area (Å²) in [5.41, 5.74) is 1.94. The highest BCUT2D eigenvalue weighted by atomic mass is 127. The standard InChI is InChI=1S/C31H42N2O2.HI/c1-33(23-24-13-7-5-3-2-4-6-8-14-24)21-19-25(20-22-33)32-31(34)30-26-15-9-11-17-28(26)35-29-18-12-10-16-27(29)30;/h9-12,15-18,24-25,30H,2-8,13-14,19-23H2,1H3;1H. The lowest BCUT2D eigenvalue weighted by molar-refractivity contribution is -0.917. The fourth-order valence-corrected chi connectivity index (χ4v) is 6.70. The molecule has 0 aromatic heterocycles. The smallest absolute Gasteiger partial charge is 0.232 e. The molecule has 1 saturated heterocycles. The minimum Gasteiger partial charge on any atom is -1.00 e. The minimum atomic E-state index is -0.304. The summed E-state index contributed by atoms with van der Waals surface area (Å²) in [6.45, 7) is 3.66. The molecule has 1 amide bonds. The third-order valence-corrected chi connectivity index (χ3v) is 8.75. The Bertz CT molecular complexity index is 946. The number of para-hydroxylation sites is 2. The molecule has 0 atom stereocenters. The number of nitrogens with zero attached hydrogens (tertiary/aromatic N) is 1. The number of carbonyl (C=O) groups is 1. The van der Waals surface area contributed by atoms with Crippen molar-refractivity contribution in [2.75, 3.05) is 26.7 Å². The Hall–Kier alpha value is -1.60. The molecule has 5 rings (SSSR count). The van der Waals surface area contributed by atoms with Gasteiger partial charge in [0, 0.05) is 35.9 Å². The third-order valence-electron chi connectivity index (χ3n) is 8.75. The van der Waals surface area contributed by atoms with Crippen molar-refractivity contribution in [3.8, 4) is 11.5 Å². The molecule has 1 N–H and O–H groups in total. The molecule has 0 bridgehead atoms. The van der Waals surface area contributed by atoms with E-state index in [1.54, 1.807) is 0 Å². The summed E-state index contributed by atoms with van der Waals surface area (Å²) in [4.78, 5) is 13.6. The van der Waals surface area contributed by atoms with E-state index in [-0.39, 0.29) is 41.8 Å². The molecule has 2 fully saturated rings. The number of amides is 1. The number of piperidine rings is 1. The molecule has 1 saturated carbocycles. The lowest BCUT2D eigenvalue weighted by Crippen LogP contribution is -3.00. The van der Waals surface area contributed by atoms with Crippen LogP contribution < -0.4 is 34.0 Å². The van der Waals surface area contributed by atoms with Crippen molar-refractivity contribution < 1.29 is 38.0 Å². The molecule has 0 unspecified atom stereocenters. The van der Waals surface area contributed by atoms with Crippen LogP contribution in [0, 0.1) is 5.92 Å². The third kappa shape index (κ3) is 6.63. The van der Waals surface area contributed by atoms with Crippen molar-refractivity contribution >= 4 is 5.91 Å². The molecule has 1 aliphatic carbocycles. The number of hydrogen-bond donors (Lipinski definition) is 1. The lowest BCUT2D eigenvalue weighted by Gasteiger charge is -2.43. The van der Waals surface area contributed by atoms with Crippen LogP contribution in [-0.4, -0.2) is 43.1 Å². The average molecular weight is 603 g/mol. The van der Waals surface area contributed by atoms with Gasteiger partial charge in [-0.3, -0.25) is 4.79 Å². The normalized spacial score (nSPS) is 25.4. The van der Waals surface area contributed by atoms with Crippen LogP contribution in [0.25, 0.3) is 0 Å². The summed E-state index contributed by atoms with van der Waals surface area (Å²) in [7, 11) is 2.46. The predicted molar refractivity (Wildman–Crippen MR) is 142 cm³/mol. The molecule has 36 heavy (non-hydrogen) atoms. The number of ether oxygens (including phenoxy) is 1. The number of benzene rings is 2. The Morgan fingerprint density at radius 1 is 0.806 bits per heavy atom. The van der Waals surface area contributed by atoms with Crippen LogP contribution in [0.3, 0.4) is 0 Å². The van der Waals surface area contributed by atoms with Gasteiger partial charge in [-0.1, -0.05) is 81.3 Å². The predicted octanol–water partition coefficient (Wildman–Crippen LogP) is 3.79. The Kier molecular flexibility index (Phi) is 9.73. The summed E-state index contributed by atoms with van der Waals surface area (Å²) in [5.74, 6) is 2.28. The van der Waals surface area contributed by atoms with Crippen LogP contribution in [0.15, 0.2) is 48.5 Å². The van der Waals surface area contributed by atoms with E-state index in [0.29, 0.717) is 0 Å². The van der Waals surface area contributed by atoms with E-state index in [1.807, 2.05) is 48.5 Å². The zero-order chi connectivity index (χ0) is 24.1. The molecule has 0 radical (unpaired) electrons. The molecule has 2 aliphatic heterocycles. The van der Waals surface area contributed by atoms with E-state index in [4.69, 9.17) is 4.74 Å². The summed E-state index contributed by atoms with van der Waals surface area (Å²) in [6.07, 6.45) is 15.0. The highest BCUT2D eigenvalue weighted by Gasteiger charge is 2.36. The number of rotatable bonds is 4. The second-order valence-corrected chi connectivity index (χ2v) is 11.6. The first kappa shape index (κ1) is 27.4. The second kappa shape index (κ2) is 12.8. The van der Waals surface area contributed by atoms with Crippen molar-refractivity contribution in [3.63, 3.8) is 0 Å². The van der Waals surface area contributed by atoms with Gasteiger partial charge < -0.3 is 38.5 Å². The molecular formula is C31H43IN2O2. The Morgan fingerprint density at radius 3 is 1.86 bits per heavy atom. The van der Waals surface area contributed by atoms with E-state index >= 15 is 0 Å². The van der Waals surface area contributed by atoms with Crippen molar-refractivity contribution in [2.45, 2.75) is 82.6 Å². The first-order chi connectivity index (χ1) is 17.1. The average Bonchev–Trinajstić information content (AvgIpc) is 2.87. The second-order valence-electron chi connectivity index (χ2n) is 11.6. The first-order valence-corrected chi connectivity index (χ1v) is 14.1. The number of carbonyl (C=O) groups excluding carboxylic acids is 1. The Labute approximate surface area is 234 Å². The zero-order valence-electron chi connectivity index (χ0n) is 21.9. The Balaban J connectivity index is 0.00000304. The summed E-state index contributed by atoms with van der Waals surface area (Å²) < 4.78 is 7.28. The van der Waals surface area contributed by atoms with Crippen LogP contribution in [0.1, 0.15) is 87.7 Å². The highest BCUT2D eigenvalue weighted by molar-refractivity contribution is 5.89. The number of hydrogen-bond acceptors (Lipinski definition) is 2. The van der Waals surface area contributed by atoms with Gasteiger partial charge in [0.05, 0.1) is 32.6 Å². The zero-order valence-corrected chi connectivity index (χ0v) is 24.0. The molecule has 2 aromatic carbocycles. The largest absolute Gasteiger partial charge is 1.00 e. The van der Waals surface area contributed by atoms with E-state index in [1.165, 1.54) is 81.9 Å². The number of quaternary nitrogens is 1. The Morgan fingerprint density at radius 2 is 1.31 bits per heavy atom. The molecule has 5 heteroatoms. The number of halogens is 1. The van der Waals surface area contributed by atoms with Gasteiger partial charge in [0.1, 0.15) is 11.5 Å². The molecular weight excluding hydrogens is 559 g/mol. The highest BCUT2D eigenvalue weighted by Crippen LogP contribution is 2.44. The van der Waals surface area contributed by atoms with Crippen molar-refractivity contribution in [2.24, 2.45) is 5.92 Å². The van der Waals surface area contributed by atoms with Crippen LogP contribution in [0.2, 0.25) is 0 Å². The molecule has 3 aliphatic rings. The SMILES string of the molecule is C[N+]1(CC2CCCCCCCCC2)CCC(NC(=O)C2c3ccccc3Oc3ccccc32)CC1.[I-]. The van der Waals surface area contributed by atoms with Gasteiger partial charge in [0.25, 0.3) is 0 Å². The molecule has 2 aromatic rings. The quantitative estimate of drug-likeness (QED) is 0.428.